The maximum absolute atomic E-state index is 11.9. The normalized spacial score (nSPS) is 15.8. The van der Waals surface area contributed by atoms with E-state index < -0.39 is 10.0 Å². The van der Waals surface area contributed by atoms with Gasteiger partial charge in [-0.2, -0.15) is 0 Å². The van der Waals surface area contributed by atoms with Gasteiger partial charge in [-0.25, -0.2) is 13.1 Å². The van der Waals surface area contributed by atoms with Gasteiger partial charge in [-0.3, -0.25) is 9.78 Å². The molecule has 1 fully saturated rings. The van der Waals surface area contributed by atoms with Gasteiger partial charge in [0.2, 0.25) is 15.9 Å². The van der Waals surface area contributed by atoms with E-state index >= 15 is 0 Å². The number of carbonyl (C=O) groups excluding carboxylic acids is 1. The van der Waals surface area contributed by atoms with Crippen molar-refractivity contribution in [3.05, 3.63) is 24.5 Å². The number of amides is 1. The van der Waals surface area contributed by atoms with Gasteiger partial charge in [-0.05, 0) is 38.1 Å². The Labute approximate surface area is 136 Å². The van der Waals surface area contributed by atoms with Gasteiger partial charge >= 0.3 is 0 Å². The zero-order valence-corrected chi connectivity index (χ0v) is 13.8. The van der Waals surface area contributed by atoms with Crippen LogP contribution >= 0.6 is 12.4 Å². The number of carbonyl (C=O) groups is 1. The van der Waals surface area contributed by atoms with E-state index in [1.165, 1.54) is 18.5 Å². The molecule has 22 heavy (non-hydrogen) atoms. The molecule has 0 aliphatic carbocycles. The predicted molar refractivity (Wildman–Crippen MR) is 85.3 cm³/mol. The van der Waals surface area contributed by atoms with E-state index in [0.29, 0.717) is 0 Å². The molecule has 0 saturated carbocycles. The number of rotatable bonds is 6. The van der Waals surface area contributed by atoms with Crippen molar-refractivity contribution in [1.29, 1.82) is 0 Å². The number of sulfonamides is 1. The summed E-state index contributed by atoms with van der Waals surface area (Å²) < 4.78 is 26.3. The number of hydrogen-bond donors (Lipinski definition) is 3. The quantitative estimate of drug-likeness (QED) is 0.623. The molecule has 2 heterocycles. The van der Waals surface area contributed by atoms with Gasteiger partial charge in [-0.1, -0.05) is 0 Å². The molecule has 9 heteroatoms. The lowest BCUT2D eigenvalue weighted by Gasteiger charge is -2.21. The predicted octanol–water partition coefficient (Wildman–Crippen LogP) is -0.103. The van der Waals surface area contributed by atoms with Crippen LogP contribution < -0.4 is 15.4 Å². The molecule has 124 valence electrons. The third kappa shape index (κ3) is 5.53. The van der Waals surface area contributed by atoms with E-state index in [2.05, 4.69) is 20.3 Å². The van der Waals surface area contributed by atoms with E-state index in [0.717, 1.165) is 25.9 Å². The zero-order chi connectivity index (χ0) is 15.1. The highest BCUT2D eigenvalue weighted by Gasteiger charge is 2.20. The first-order valence-corrected chi connectivity index (χ1v) is 8.46. The monoisotopic (exact) mass is 348 g/mol. The summed E-state index contributed by atoms with van der Waals surface area (Å²) in [4.78, 5) is 15.8. The first-order valence-electron chi connectivity index (χ1n) is 6.98. The average Bonchev–Trinajstić information content (AvgIpc) is 2.53. The number of nitrogens with one attached hydrogen (secondary N) is 3. The lowest BCUT2D eigenvalue weighted by molar-refractivity contribution is -0.125. The molecular weight excluding hydrogens is 328 g/mol. The van der Waals surface area contributed by atoms with Crippen molar-refractivity contribution >= 4 is 28.3 Å². The molecule has 2 rings (SSSR count). The topological polar surface area (TPSA) is 100 Å². The minimum absolute atomic E-state index is 0. The van der Waals surface area contributed by atoms with Gasteiger partial charge in [0.25, 0.3) is 0 Å². The molecule has 1 aromatic heterocycles. The Morgan fingerprint density at radius 2 is 2.05 bits per heavy atom. The second-order valence-corrected chi connectivity index (χ2v) is 6.67. The maximum Gasteiger partial charge on any atom is 0.242 e. The Bertz CT molecular complexity index is 562. The minimum Gasteiger partial charge on any atom is -0.355 e. The fourth-order valence-electron chi connectivity index (χ4n) is 2.19. The largest absolute Gasteiger partial charge is 0.355 e. The van der Waals surface area contributed by atoms with Crippen molar-refractivity contribution in [3.63, 3.8) is 0 Å². The summed E-state index contributed by atoms with van der Waals surface area (Å²) in [5, 5.41) is 5.96. The molecule has 0 radical (unpaired) electrons. The molecular formula is C13H21ClN4O3S. The first-order chi connectivity index (χ1) is 10.1. The highest BCUT2D eigenvalue weighted by atomic mass is 35.5. The van der Waals surface area contributed by atoms with Crippen LogP contribution in [0.5, 0.6) is 0 Å². The van der Waals surface area contributed by atoms with Crippen molar-refractivity contribution < 1.29 is 13.2 Å². The number of pyridine rings is 1. The van der Waals surface area contributed by atoms with Crippen molar-refractivity contribution in [1.82, 2.24) is 20.3 Å². The van der Waals surface area contributed by atoms with Crippen molar-refractivity contribution in [3.8, 4) is 0 Å². The summed E-state index contributed by atoms with van der Waals surface area (Å²) in [6.45, 7) is 2.15. The minimum atomic E-state index is -3.56. The second kappa shape index (κ2) is 9.04. The average molecular weight is 349 g/mol. The fourth-order valence-corrected chi connectivity index (χ4v) is 3.18. The van der Waals surface area contributed by atoms with Crippen LogP contribution in [0.4, 0.5) is 0 Å². The van der Waals surface area contributed by atoms with E-state index in [9.17, 15) is 13.2 Å². The van der Waals surface area contributed by atoms with E-state index in [-0.39, 0.29) is 42.2 Å². The van der Waals surface area contributed by atoms with Crippen LogP contribution in [-0.2, 0) is 14.8 Å². The van der Waals surface area contributed by atoms with Crippen LogP contribution in [0.1, 0.15) is 12.8 Å². The van der Waals surface area contributed by atoms with Crippen molar-refractivity contribution in [2.24, 2.45) is 5.92 Å². The van der Waals surface area contributed by atoms with Crippen LogP contribution in [0.25, 0.3) is 0 Å². The molecule has 1 aliphatic heterocycles. The molecule has 1 aromatic rings. The van der Waals surface area contributed by atoms with E-state index in [1.807, 2.05) is 0 Å². The van der Waals surface area contributed by atoms with Gasteiger partial charge < -0.3 is 10.6 Å². The van der Waals surface area contributed by atoms with E-state index in [1.54, 1.807) is 6.07 Å². The molecule has 1 saturated heterocycles. The Hall–Kier alpha value is -1.22. The summed E-state index contributed by atoms with van der Waals surface area (Å²) in [6.07, 6.45) is 4.45. The molecule has 0 bridgehead atoms. The molecule has 7 nitrogen and oxygen atoms in total. The number of halogens is 1. The standard InChI is InChI=1S/C13H20N4O3S.ClH/c18-13(11-3-6-14-7-4-11)16-8-9-17-21(19,20)12-2-1-5-15-10-12;/h1-2,5,10-11,14,17H,3-4,6-9H2,(H,16,18);1H. The van der Waals surface area contributed by atoms with Crippen LogP contribution in [0.2, 0.25) is 0 Å². The van der Waals surface area contributed by atoms with Gasteiger partial charge in [0.15, 0.2) is 0 Å². The Morgan fingerprint density at radius 3 is 2.68 bits per heavy atom. The highest BCUT2D eigenvalue weighted by molar-refractivity contribution is 7.89. The van der Waals surface area contributed by atoms with Crippen LogP contribution in [0, 0.1) is 5.92 Å². The molecule has 1 aliphatic rings. The van der Waals surface area contributed by atoms with Gasteiger partial charge in [0, 0.05) is 31.4 Å². The lowest BCUT2D eigenvalue weighted by Crippen LogP contribution is -2.41. The fraction of sp³-hybridized carbons (Fsp3) is 0.538. The van der Waals surface area contributed by atoms with Crippen LogP contribution in [-0.4, -0.2) is 45.5 Å². The third-order valence-electron chi connectivity index (χ3n) is 3.37. The van der Waals surface area contributed by atoms with Gasteiger partial charge in [0.1, 0.15) is 4.90 Å². The SMILES string of the molecule is Cl.O=C(NCCNS(=O)(=O)c1cccnc1)C1CCNCC1. The number of hydrogen-bond acceptors (Lipinski definition) is 5. The summed E-state index contributed by atoms with van der Waals surface area (Å²) in [5.74, 6) is 0.0262. The number of nitrogens with zero attached hydrogens (tertiary/aromatic N) is 1. The maximum atomic E-state index is 11.9. The zero-order valence-electron chi connectivity index (χ0n) is 12.1. The van der Waals surface area contributed by atoms with Gasteiger partial charge in [-0.15, -0.1) is 12.4 Å². The summed E-state index contributed by atoms with van der Waals surface area (Å²) in [6, 6.07) is 3.04. The van der Waals surface area contributed by atoms with Crippen molar-refractivity contribution in [2.45, 2.75) is 17.7 Å². The summed E-state index contributed by atoms with van der Waals surface area (Å²) >= 11 is 0. The Balaban J connectivity index is 0.00000242. The molecule has 1 amide bonds. The smallest absolute Gasteiger partial charge is 0.242 e. The van der Waals surface area contributed by atoms with E-state index in [4.69, 9.17) is 0 Å². The lowest BCUT2D eigenvalue weighted by atomic mass is 9.97. The Kier molecular flexibility index (Phi) is 7.74. The summed E-state index contributed by atoms with van der Waals surface area (Å²) in [5.41, 5.74) is 0. The second-order valence-electron chi connectivity index (χ2n) is 4.90. The molecule has 0 atom stereocenters. The third-order valence-corrected chi connectivity index (χ3v) is 4.82. The number of piperidine rings is 1. The first kappa shape index (κ1) is 18.8. The number of aromatic nitrogens is 1. The molecule has 0 aromatic carbocycles. The van der Waals surface area contributed by atoms with Crippen LogP contribution in [0.3, 0.4) is 0 Å². The van der Waals surface area contributed by atoms with Crippen LogP contribution in [0.15, 0.2) is 29.4 Å². The summed E-state index contributed by atoms with van der Waals surface area (Å²) in [7, 11) is -3.56. The molecule has 0 spiro atoms. The highest BCUT2D eigenvalue weighted by Crippen LogP contribution is 2.11. The van der Waals surface area contributed by atoms with Gasteiger partial charge in [0.05, 0.1) is 0 Å². The Morgan fingerprint density at radius 1 is 1.32 bits per heavy atom. The molecule has 0 unspecified atom stereocenters. The molecule has 3 N–H and O–H groups in total. The van der Waals surface area contributed by atoms with Crippen molar-refractivity contribution in [2.75, 3.05) is 26.2 Å².